The zero-order valence-electron chi connectivity index (χ0n) is 6.23. The van der Waals surface area contributed by atoms with Gasteiger partial charge in [-0.15, -0.1) is 0 Å². The highest BCUT2D eigenvalue weighted by Crippen LogP contribution is 2.21. The third-order valence-electron chi connectivity index (χ3n) is 1.27. The van der Waals surface area contributed by atoms with Crippen LogP contribution in [0.2, 0.25) is 0 Å². The van der Waals surface area contributed by atoms with Crippen LogP contribution in [0.4, 0.5) is 14.5 Å². The summed E-state index contributed by atoms with van der Waals surface area (Å²) in [7, 11) is 0. The van der Waals surface area contributed by atoms with Crippen molar-refractivity contribution in [2.45, 2.75) is 4.83 Å². The van der Waals surface area contributed by atoms with Crippen molar-refractivity contribution in [2.75, 3.05) is 11.9 Å². The zero-order valence-corrected chi connectivity index (χ0v) is 7.81. The van der Waals surface area contributed by atoms with Gasteiger partial charge in [-0.25, -0.2) is 0 Å². The number of hydrogen-bond acceptors (Lipinski definition) is 1. The number of rotatable bonds is 3. The number of para-hydroxylation sites is 1. The summed E-state index contributed by atoms with van der Waals surface area (Å²) >= 11 is 2.24. The van der Waals surface area contributed by atoms with Crippen molar-refractivity contribution in [3.63, 3.8) is 0 Å². The van der Waals surface area contributed by atoms with E-state index in [0.717, 1.165) is 0 Å². The van der Waals surface area contributed by atoms with Crippen LogP contribution < -0.4 is 5.32 Å². The van der Waals surface area contributed by atoms with Crippen molar-refractivity contribution < 1.29 is 8.78 Å². The van der Waals surface area contributed by atoms with Gasteiger partial charge in [0.05, 0.1) is 6.54 Å². The molecular formula is C8H8BrF2N. The van der Waals surface area contributed by atoms with Crippen LogP contribution in [0.25, 0.3) is 0 Å². The van der Waals surface area contributed by atoms with Gasteiger partial charge in [-0.05, 0) is 28.1 Å². The molecule has 0 aliphatic carbocycles. The minimum Gasteiger partial charge on any atom is -0.378 e. The van der Waals surface area contributed by atoms with Crippen molar-refractivity contribution in [1.82, 2.24) is 0 Å². The first-order valence-corrected chi connectivity index (χ1v) is 4.23. The lowest BCUT2D eigenvalue weighted by molar-refractivity contribution is 0.130. The maximum atomic E-state index is 12.3. The highest BCUT2D eigenvalue weighted by atomic mass is 79.9. The molecule has 66 valence electrons. The molecular weight excluding hydrogens is 228 g/mol. The van der Waals surface area contributed by atoms with Gasteiger partial charge in [0.1, 0.15) is 0 Å². The summed E-state index contributed by atoms with van der Waals surface area (Å²) in [6.07, 6.45) is 0. The molecule has 0 aliphatic heterocycles. The Bertz CT molecular complexity index is 233. The summed E-state index contributed by atoms with van der Waals surface area (Å²) < 4.78 is 24.5. The molecule has 1 nitrogen and oxygen atoms in total. The Kier molecular flexibility index (Phi) is 3.03. The topological polar surface area (TPSA) is 12.0 Å². The Morgan fingerprint density at radius 1 is 1.25 bits per heavy atom. The van der Waals surface area contributed by atoms with Crippen LogP contribution in [0.5, 0.6) is 0 Å². The average Bonchev–Trinajstić information content (AvgIpc) is 2.02. The number of alkyl halides is 3. The molecule has 0 aromatic heterocycles. The van der Waals surface area contributed by atoms with E-state index in [-0.39, 0.29) is 0 Å². The van der Waals surface area contributed by atoms with Crippen LogP contribution in [0.3, 0.4) is 0 Å². The molecule has 0 aliphatic rings. The van der Waals surface area contributed by atoms with Crippen LogP contribution in [0, 0.1) is 0 Å². The molecule has 0 unspecified atom stereocenters. The van der Waals surface area contributed by atoms with E-state index in [2.05, 4.69) is 21.2 Å². The van der Waals surface area contributed by atoms with E-state index in [1.54, 1.807) is 24.3 Å². The molecule has 0 bridgehead atoms. The Labute approximate surface area is 77.9 Å². The van der Waals surface area contributed by atoms with Gasteiger partial charge in [0.15, 0.2) is 0 Å². The highest BCUT2D eigenvalue weighted by Gasteiger charge is 2.22. The standard InChI is InChI=1S/C8H8BrF2N/c9-8(10,11)6-12-7-4-2-1-3-5-7/h1-5,12H,6H2. The van der Waals surface area contributed by atoms with Gasteiger partial charge in [0.2, 0.25) is 0 Å². The molecule has 0 saturated carbocycles. The van der Waals surface area contributed by atoms with Gasteiger partial charge in [-0.3, -0.25) is 0 Å². The van der Waals surface area contributed by atoms with E-state index >= 15 is 0 Å². The number of nitrogens with one attached hydrogen (secondary N) is 1. The largest absolute Gasteiger partial charge is 0.378 e. The molecule has 1 rings (SSSR count). The van der Waals surface area contributed by atoms with Gasteiger partial charge in [0, 0.05) is 5.69 Å². The smallest absolute Gasteiger partial charge is 0.318 e. The number of anilines is 1. The predicted octanol–water partition coefficient (Wildman–Crippen LogP) is 3.09. The second-order valence-electron chi connectivity index (χ2n) is 2.33. The lowest BCUT2D eigenvalue weighted by Crippen LogP contribution is -2.19. The van der Waals surface area contributed by atoms with E-state index < -0.39 is 11.4 Å². The summed E-state index contributed by atoms with van der Waals surface area (Å²) in [5, 5.41) is 2.59. The summed E-state index contributed by atoms with van der Waals surface area (Å²) in [6, 6.07) is 8.87. The van der Waals surface area contributed by atoms with E-state index in [9.17, 15) is 8.78 Å². The Morgan fingerprint density at radius 3 is 2.33 bits per heavy atom. The second kappa shape index (κ2) is 3.85. The van der Waals surface area contributed by atoms with Crippen LogP contribution >= 0.6 is 15.9 Å². The van der Waals surface area contributed by atoms with Crippen molar-refractivity contribution in [1.29, 1.82) is 0 Å². The maximum absolute atomic E-state index is 12.3. The van der Waals surface area contributed by atoms with Crippen molar-refractivity contribution >= 4 is 21.6 Å². The molecule has 0 heterocycles. The van der Waals surface area contributed by atoms with Crippen LogP contribution in [0.1, 0.15) is 0 Å². The van der Waals surface area contributed by atoms with Crippen LogP contribution in [-0.2, 0) is 0 Å². The highest BCUT2D eigenvalue weighted by molar-refractivity contribution is 9.10. The number of halogens is 3. The molecule has 0 fully saturated rings. The molecule has 12 heavy (non-hydrogen) atoms. The third kappa shape index (κ3) is 3.67. The van der Waals surface area contributed by atoms with Gasteiger partial charge in [-0.2, -0.15) is 8.78 Å². The Morgan fingerprint density at radius 2 is 1.83 bits per heavy atom. The fraction of sp³-hybridized carbons (Fsp3) is 0.250. The van der Waals surface area contributed by atoms with E-state index in [1.807, 2.05) is 6.07 Å². The molecule has 1 N–H and O–H groups in total. The molecule has 0 amide bonds. The van der Waals surface area contributed by atoms with Crippen LogP contribution in [-0.4, -0.2) is 11.4 Å². The van der Waals surface area contributed by atoms with Gasteiger partial charge < -0.3 is 5.32 Å². The lowest BCUT2D eigenvalue weighted by Gasteiger charge is -2.10. The average molecular weight is 236 g/mol. The van der Waals surface area contributed by atoms with Crippen molar-refractivity contribution in [2.24, 2.45) is 0 Å². The van der Waals surface area contributed by atoms with E-state index in [1.165, 1.54) is 0 Å². The summed E-state index contributed by atoms with van der Waals surface area (Å²) in [5.41, 5.74) is 0.691. The quantitative estimate of drug-likeness (QED) is 0.795. The Hall–Kier alpha value is -0.640. The molecule has 1 aromatic carbocycles. The molecule has 0 spiro atoms. The normalized spacial score (nSPS) is 11.2. The first-order chi connectivity index (χ1) is 5.58. The fourth-order valence-corrected chi connectivity index (χ4v) is 0.898. The third-order valence-corrected chi connectivity index (χ3v) is 1.55. The number of hydrogen-bond donors (Lipinski definition) is 1. The molecule has 4 heteroatoms. The molecule has 0 saturated heterocycles. The van der Waals surface area contributed by atoms with Gasteiger partial charge >= 0.3 is 4.83 Å². The SMILES string of the molecule is FC(F)(Br)CNc1ccccc1. The molecule has 0 atom stereocenters. The minimum atomic E-state index is -2.84. The van der Waals surface area contributed by atoms with Gasteiger partial charge in [-0.1, -0.05) is 18.2 Å². The monoisotopic (exact) mass is 235 g/mol. The first-order valence-electron chi connectivity index (χ1n) is 3.43. The minimum absolute atomic E-state index is 0.406. The second-order valence-corrected chi connectivity index (χ2v) is 3.49. The van der Waals surface area contributed by atoms with E-state index in [4.69, 9.17) is 0 Å². The van der Waals surface area contributed by atoms with Gasteiger partial charge in [0.25, 0.3) is 0 Å². The number of benzene rings is 1. The summed E-state index contributed by atoms with van der Waals surface area (Å²) in [4.78, 5) is -2.84. The Balaban J connectivity index is 2.44. The van der Waals surface area contributed by atoms with Crippen molar-refractivity contribution in [3.05, 3.63) is 30.3 Å². The summed E-state index contributed by atoms with van der Waals surface area (Å²) in [5.74, 6) is 0. The van der Waals surface area contributed by atoms with Crippen molar-refractivity contribution in [3.8, 4) is 0 Å². The molecule has 1 aromatic rings. The lowest BCUT2D eigenvalue weighted by atomic mass is 10.3. The molecule has 0 radical (unpaired) electrons. The predicted molar refractivity (Wildman–Crippen MR) is 48.8 cm³/mol. The fourth-order valence-electron chi connectivity index (χ4n) is 0.758. The first kappa shape index (κ1) is 9.45. The van der Waals surface area contributed by atoms with Crippen LogP contribution in [0.15, 0.2) is 30.3 Å². The maximum Gasteiger partial charge on any atom is 0.318 e. The summed E-state index contributed by atoms with van der Waals surface area (Å²) in [6.45, 7) is -0.406. The zero-order chi connectivity index (χ0) is 9.03. The van der Waals surface area contributed by atoms with E-state index in [0.29, 0.717) is 5.69 Å².